The standard InChI is InChI=1S/C33H48O/c1-3-6-26-9-11-28(12-10-26)8-5-25-34-33-23-21-32(22-24-33)31-19-17-30(18-20-31)29-15-13-27(7-4-2)14-16-29/h17-24,26-29H,3-16,25H2,1-2H3/t26-,27-,28-,29-. The molecule has 2 aliphatic carbocycles. The normalized spacial score (nSPS) is 25.2. The van der Waals surface area contributed by atoms with Gasteiger partial charge in [0.1, 0.15) is 5.75 Å². The molecule has 2 saturated carbocycles. The van der Waals surface area contributed by atoms with Gasteiger partial charge in [-0.2, -0.15) is 0 Å². The van der Waals surface area contributed by atoms with Crippen molar-refractivity contribution >= 4 is 0 Å². The summed E-state index contributed by atoms with van der Waals surface area (Å²) in [5.74, 6) is 4.71. The molecule has 2 aliphatic rings. The molecule has 1 nitrogen and oxygen atoms in total. The third-order valence-electron chi connectivity index (χ3n) is 8.80. The summed E-state index contributed by atoms with van der Waals surface area (Å²) in [6.45, 7) is 5.50. The van der Waals surface area contributed by atoms with Gasteiger partial charge in [-0.3, -0.25) is 0 Å². The maximum absolute atomic E-state index is 6.07. The second kappa shape index (κ2) is 13.4. The molecule has 0 atom stereocenters. The molecule has 186 valence electrons. The monoisotopic (exact) mass is 460 g/mol. The highest BCUT2D eigenvalue weighted by Gasteiger charge is 2.22. The maximum atomic E-state index is 6.07. The van der Waals surface area contributed by atoms with Gasteiger partial charge in [-0.15, -0.1) is 0 Å². The van der Waals surface area contributed by atoms with Crippen LogP contribution in [-0.2, 0) is 0 Å². The summed E-state index contributed by atoms with van der Waals surface area (Å²) >= 11 is 0. The van der Waals surface area contributed by atoms with Gasteiger partial charge in [0.2, 0.25) is 0 Å². The van der Waals surface area contributed by atoms with Crippen LogP contribution in [0.1, 0.15) is 115 Å². The van der Waals surface area contributed by atoms with Gasteiger partial charge in [-0.25, -0.2) is 0 Å². The summed E-state index contributed by atoms with van der Waals surface area (Å²) in [7, 11) is 0. The first kappa shape index (κ1) is 25.3. The smallest absolute Gasteiger partial charge is 0.119 e. The summed E-state index contributed by atoms with van der Waals surface area (Å²) in [5.41, 5.74) is 4.14. The quantitative estimate of drug-likeness (QED) is 0.303. The average molecular weight is 461 g/mol. The van der Waals surface area contributed by atoms with Crippen molar-refractivity contribution in [3.63, 3.8) is 0 Å². The average Bonchev–Trinajstić information content (AvgIpc) is 2.89. The van der Waals surface area contributed by atoms with Crippen molar-refractivity contribution in [1.29, 1.82) is 0 Å². The van der Waals surface area contributed by atoms with Gasteiger partial charge in [0.05, 0.1) is 6.61 Å². The van der Waals surface area contributed by atoms with E-state index in [9.17, 15) is 0 Å². The van der Waals surface area contributed by atoms with Crippen molar-refractivity contribution in [2.45, 2.75) is 110 Å². The van der Waals surface area contributed by atoms with E-state index in [1.54, 1.807) is 0 Å². The zero-order valence-corrected chi connectivity index (χ0v) is 21.9. The van der Waals surface area contributed by atoms with Gasteiger partial charge in [0, 0.05) is 0 Å². The molecule has 0 radical (unpaired) electrons. The molecule has 0 heterocycles. The maximum Gasteiger partial charge on any atom is 0.119 e. The minimum atomic E-state index is 0.768. The Balaban J connectivity index is 1.18. The molecule has 0 amide bonds. The molecule has 0 spiro atoms. The zero-order valence-electron chi connectivity index (χ0n) is 21.9. The van der Waals surface area contributed by atoms with E-state index in [0.29, 0.717) is 0 Å². The Morgan fingerprint density at radius 1 is 0.588 bits per heavy atom. The number of hydrogen-bond donors (Lipinski definition) is 0. The van der Waals surface area contributed by atoms with Crippen LogP contribution in [-0.4, -0.2) is 6.61 Å². The number of ether oxygens (including phenoxy) is 1. The lowest BCUT2D eigenvalue weighted by Gasteiger charge is -2.28. The van der Waals surface area contributed by atoms with Crippen LogP contribution in [0.15, 0.2) is 48.5 Å². The molecule has 0 N–H and O–H groups in total. The van der Waals surface area contributed by atoms with Crippen molar-refractivity contribution < 1.29 is 4.74 Å². The Kier molecular flexibility index (Phi) is 9.96. The largest absolute Gasteiger partial charge is 0.494 e. The van der Waals surface area contributed by atoms with Crippen molar-refractivity contribution in [3.8, 4) is 16.9 Å². The lowest BCUT2D eigenvalue weighted by Crippen LogP contribution is -2.15. The summed E-state index contributed by atoms with van der Waals surface area (Å²) in [6.07, 6.45) is 19.5. The second-order valence-corrected chi connectivity index (χ2v) is 11.3. The summed E-state index contributed by atoms with van der Waals surface area (Å²) in [5, 5.41) is 0. The Bertz CT molecular complexity index is 805. The second-order valence-electron chi connectivity index (χ2n) is 11.3. The van der Waals surface area contributed by atoms with Gasteiger partial charge in [0.25, 0.3) is 0 Å². The molecule has 0 unspecified atom stereocenters. The molecule has 2 aromatic rings. The van der Waals surface area contributed by atoms with Gasteiger partial charge in [-0.05, 0) is 91.0 Å². The number of hydrogen-bond acceptors (Lipinski definition) is 1. The van der Waals surface area contributed by atoms with E-state index >= 15 is 0 Å². The molecular weight excluding hydrogens is 412 g/mol. The van der Waals surface area contributed by atoms with Crippen LogP contribution < -0.4 is 4.74 Å². The van der Waals surface area contributed by atoms with Crippen LogP contribution in [0.25, 0.3) is 11.1 Å². The summed E-state index contributed by atoms with van der Waals surface area (Å²) in [6, 6.07) is 18.1. The van der Waals surface area contributed by atoms with Gasteiger partial charge < -0.3 is 4.74 Å². The van der Waals surface area contributed by atoms with Crippen LogP contribution in [0.5, 0.6) is 5.75 Å². The van der Waals surface area contributed by atoms with E-state index in [1.807, 2.05) is 0 Å². The topological polar surface area (TPSA) is 9.23 Å². The number of rotatable bonds is 11. The first-order valence-corrected chi connectivity index (χ1v) is 14.6. The zero-order chi connectivity index (χ0) is 23.6. The lowest BCUT2D eigenvalue weighted by atomic mass is 9.77. The van der Waals surface area contributed by atoms with Gasteiger partial charge in [-0.1, -0.05) is 102 Å². The molecule has 2 fully saturated rings. The fraction of sp³-hybridized carbons (Fsp3) is 0.636. The van der Waals surface area contributed by atoms with Crippen molar-refractivity contribution in [3.05, 3.63) is 54.1 Å². The van der Waals surface area contributed by atoms with Crippen LogP contribution >= 0.6 is 0 Å². The van der Waals surface area contributed by atoms with E-state index in [1.165, 1.54) is 107 Å². The highest BCUT2D eigenvalue weighted by molar-refractivity contribution is 5.64. The number of benzene rings is 2. The third-order valence-corrected chi connectivity index (χ3v) is 8.80. The molecule has 1 heteroatoms. The molecule has 0 saturated heterocycles. The predicted octanol–water partition coefficient (Wildman–Crippen LogP) is 10.2. The third kappa shape index (κ3) is 7.37. The Morgan fingerprint density at radius 3 is 1.59 bits per heavy atom. The summed E-state index contributed by atoms with van der Waals surface area (Å²) < 4.78 is 6.07. The minimum Gasteiger partial charge on any atom is -0.494 e. The van der Waals surface area contributed by atoms with Crippen LogP contribution in [0.3, 0.4) is 0 Å². The van der Waals surface area contributed by atoms with Crippen molar-refractivity contribution in [1.82, 2.24) is 0 Å². The Hall–Kier alpha value is -1.76. The highest BCUT2D eigenvalue weighted by Crippen LogP contribution is 2.38. The molecule has 2 aromatic carbocycles. The fourth-order valence-electron chi connectivity index (χ4n) is 6.66. The highest BCUT2D eigenvalue weighted by atomic mass is 16.5. The van der Waals surface area contributed by atoms with Crippen LogP contribution in [0.4, 0.5) is 0 Å². The molecular formula is C33H48O. The van der Waals surface area contributed by atoms with Crippen LogP contribution in [0, 0.1) is 17.8 Å². The Morgan fingerprint density at radius 2 is 1.06 bits per heavy atom. The molecule has 0 aliphatic heterocycles. The first-order chi connectivity index (χ1) is 16.7. The van der Waals surface area contributed by atoms with Gasteiger partial charge in [0.15, 0.2) is 0 Å². The molecule has 34 heavy (non-hydrogen) atoms. The molecule has 0 aromatic heterocycles. The fourth-order valence-corrected chi connectivity index (χ4v) is 6.66. The molecule has 0 bridgehead atoms. The van der Waals surface area contributed by atoms with Gasteiger partial charge >= 0.3 is 0 Å². The Labute approximate surface area is 209 Å². The molecule has 4 rings (SSSR count). The van der Waals surface area contributed by atoms with E-state index < -0.39 is 0 Å². The lowest BCUT2D eigenvalue weighted by molar-refractivity contribution is 0.230. The van der Waals surface area contributed by atoms with Crippen molar-refractivity contribution in [2.24, 2.45) is 17.8 Å². The van der Waals surface area contributed by atoms with E-state index in [4.69, 9.17) is 4.74 Å². The summed E-state index contributed by atoms with van der Waals surface area (Å²) in [4.78, 5) is 0. The predicted molar refractivity (Wildman–Crippen MR) is 147 cm³/mol. The first-order valence-electron chi connectivity index (χ1n) is 14.6. The SMILES string of the molecule is CCC[C@H]1CC[C@H](CCCOc2ccc(-c3ccc([C@H]4CC[C@H](CCC)CC4)cc3)cc2)CC1. The van der Waals surface area contributed by atoms with E-state index in [2.05, 4.69) is 62.4 Å². The van der Waals surface area contributed by atoms with Crippen molar-refractivity contribution in [2.75, 3.05) is 6.61 Å². The van der Waals surface area contributed by atoms with Crippen LogP contribution in [0.2, 0.25) is 0 Å². The van der Waals surface area contributed by atoms with E-state index in [-0.39, 0.29) is 0 Å². The minimum absolute atomic E-state index is 0.768. The van der Waals surface area contributed by atoms with E-state index in [0.717, 1.165) is 36.0 Å².